The quantitative estimate of drug-likeness (QED) is 0.323. The molecule has 0 radical (unpaired) electrons. The molecular formula is C32H52FN3O10S. The molecule has 47 heavy (non-hydrogen) atoms. The number of aliphatic hydroxyl groups excluding tert-OH is 2. The molecule has 2 aliphatic heterocycles. The fourth-order valence-electron chi connectivity index (χ4n) is 5.94. The van der Waals surface area contributed by atoms with E-state index in [1.165, 1.54) is 13.8 Å². The van der Waals surface area contributed by atoms with Crippen LogP contribution in [-0.2, 0) is 29.0 Å². The molecule has 9 atom stereocenters. The normalized spacial score (nSPS) is 33.9. The van der Waals surface area contributed by atoms with Crippen LogP contribution >= 0.6 is 0 Å². The molecule has 3 rings (SSSR count). The Morgan fingerprint density at radius 1 is 1.15 bits per heavy atom. The van der Waals surface area contributed by atoms with Crippen LogP contribution in [0.5, 0.6) is 0 Å². The van der Waals surface area contributed by atoms with Crippen LogP contribution in [0.15, 0.2) is 29.2 Å². The SMILES string of the molecule is CC[C@H]1OC(=O)[C@H](C)[C@@H](O)C[C@@H](O[C@H]2C[C@H](N(C)C)C[C@@H](C)O2)CCCCN(C(=O)NS(=O)(=O)c2ccc(F)cc2)C[C@@H](O)[C@]1(C)O. The van der Waals surface area contributed by atoms with Crippen molar-refractivity contribution in [2.75, 3.05) is 27.2 Å². The lowest BCUT2D eigenvalue weighted by atomic mass is 9.89. The zero-order valence-corrected chi connectivity index (χ0v) is 29.0. The summed E-state index contributed by atoms with van der Waals surface area (Å²) < 4.78 is 59.2. The maximum Gasteiger partial charge on any atom is 0.331 e. The summed E-state index contributed by atoms with van der Waals surface area (Å²) in [7, 11) is -0.416. The first-order chi connectivity index (χ1) is 21.9. The summed E-state index contributed by atoms with van der Waals surface area (Å²) in [6.07, 6.45) is -2.26. The van der Waals surface area contributed by atoms with Gasteiger partial charge in [-0.05, 0) is 91.2 Å². The Bertz CT molecular complexity index is 1280. The van der Waals surface area contributed by atoms with E-state index >= 15 is 0 Å². The minimum absolute atomic E-state index is 0.0141. The predicted octanol–water partition coefficient (Wildman–Crippen LogP) is 2.37. The summed E-state index contributed by atoms with van der Waals surface area (Å²) in [5.41, 5.74) is -2.05. The molecule has 0 spiro atoms. The fourth-order valence-corrected chi connectivity index (χ4v) is 6.91. The van der Waals surface area contributed by atoms with Crippen LogP contribution in [0, 0.1) is 11.7 Å². The highest BCUT2D eigenvalue weighted by Gasteiger charge is 2.43. The lowest BCUT2D eigenvalue weighted by Gasteiger charge is -2.39. The van der Waals surface area contributed by atoms with Crippen molar-refractivity contribution in [3.05, 3.63) is 30.1 Å². The van der Waals surface area contributed by atoms with E-state index < -0.39 is 76.6 Å². The highest BCUT2D eigenvalue weighted by Crippen LogP contribution is 2.29. The predicted molar refractivity (Wildman–Crippen MR) is 170 cm³/mol. The van der Waals surface area contributed by atoms with Crippen molar-refractivity contribution in [1.29, 1.82) is 0 Å². The van der Waals surface area contributed by atoms with Gasteiger partial charge >= 0.3 is 12.0 Å². The molecule has 1 aromatic carbocycles. The second kappa shape index (κ2) is 16.8. The zero-order chi connectivity index (χ0) is 35.1. The zero-order valence-electron chi connectivity index (χ0n) is 28.2. The maximum atomic E-state index is 13.4. The van der Waals surface area contributed by atoms with Crippen molar-refractivity contribution in [3.8, 4) is 0 Å². The van der Waals surface area contributed by atoms with E-state index in [4.69, 9.17) is 14.2 Å². The highest BCUT2D eigenvalue weighted by molar-refractivity contribution is 7.90. The standard InChI is InChI=1S/C32H52FN3O10S/c1-7-28-32(4,41)27(38)19-36(31(40)34-47(42,43)25-13-11-22(33)12-14-25)15-9-8-10-24(18-26(37)21(3)30(39)46-28)45-29-17-23(35(5)6)16-20(2)44-29/h11-14,20-21,23-24,26-29,37-38,41H,7-10,15-19H2,1-6H3,(H,34,40)/t20-,21-,23-,24+,26+,27-,28-,29+,32+/m1/s1. The lowest BCUT2D eigenvalue weighted by Crippen LogP contribution is -2.57. The molecule has 0 saturated carbocycles. The number of nitrogens with zero attached hydrogens (tertiary/aromatic N) is 2. The molecule has 0 bridgehead atoms. The van der Waals surface area contributed by atoms with Gasteiger partial charge in [-0.2, -0.15) is 0 Å². The minimum atomic E-state index is -4.40. The number of sulfonamides is 1. The molecule has 4 N–H and O–H groups in total. The van der Waals surface area contributed by atoms with E-state index in [9.17, 15) is 37.7 Å². The largest absolute Gasteiger partial charge is 0.459 e. The number of β-amino-alcohol motifs (C(OH)–C–C–N with tert-alkyl or cyclic N) is 1. The number of halogens is 1. The van der Waals surface area contributed by atoms with Gasteiger partial charge in [-0.15, -0.1) is 0 Å². The Kier molecular flexibility index (Phi) is 14.0. The van der Waals surface area contributed by atoms with E-state index in [0.29, 0.717) is 25.7 Å². The van der Waals surface area contributed by atoms with Gasteiger partial charge in [0.05, 0.1) is 35.7 Å². The van der Waals surface area contributed by atoms with Gasteiger partial charge in [0.2, 0.25) is 0 Å². The van der Waals surface area contributed by atoms with Gasteiger partial charge in [-0.3, -0.25) is 4.79 Å². The van der Waals surface area contributed by atoms with Crippen LogP contribution in [-0.4, -0.2) is 121 Å². The molecule has 1 aromatic rings. The average Bonchev–Trinajstić information content (AvgIpc) is 2.99. The van der Waals surface area contributed by atoms with E-state index in [0.717, 1.165) is 35.6 Å². The van der Waals surface area contributed by atoms with E-state index in [1.54, 1.807) is 6.92 Å². The van der Waals surface area contributed by atoms with Crippen LogP contribution in [0.25, 0.3) is 0 Å². The van der Waals surface area contributed by atoms with Crippen LogP contribution in [0.3, 0.4) is 0 Å². The molecule has 0 aromatic heterocycles. The Morgan fingerprint density at radius 2 is 1.81 bits per heavy atom. The number of hydrogen-bond donors (Lipinski definition) is 4. The molecule has 15 heteroatoms. The van der Waals surface area contributed by atoms with Crippen molar-refractivity contribution in [2.24, 2.45) is 5.92 Å². The topological polar surface area (TPSA) is 175 Å². The number of cyclic esters (lactones) is 1. The number of carbonyl (C=O) groups excluding carboxylic acids is 2. The van der Waals surface area contributed by atoms with Crippen molar-refractivity contribution in [2.45, 2.75) is 126 Å². The number of carbonyl (C=O) groups is 2. The van der Waals surface area contributed by atoms with Crippen LogP contribution in [0.1, 0.15) is 72.6 Å². The van der Waals surface area contributed by atoms with Gasteiger partial charge in [-0.25, -0.2) is 22.3 Å². The van der Waals surface area contributed by atoms with Crippen LogP contribution < -0.4 is 4.72 Å². The number of hydrogen-bond acceptors (Lipinski definition) is 11. The summed E-state index contributed by atoms with van der Waals surface area (Å²) in [5, 5.41) is 33.6. The maximum absolute atomic E-state index is 13.4. The van der Waals surface area contributed by atoms with Gasteiger partial charge in [0.15, 0.2) is 6.29 Å². The van der Waals surface area contributed by atoms with Gasteiger partial charge in [0, 0.05) is 25.4 Å². The number of esters is 1. The molecule has 268 valence electrons. The van der Waals surface area contributed by atoms with Gasteiger partial charge in [-0.1, -0.05) is 6.92 Å². The molecular weight excluding hydrogens is 637 g/mol. The van der Waals surface area contributed by atoms with Crippen molar-refractivity contribution < 1.29 is 51.9 Å². The molecule has 2 aliphatic rings. The fraction of sp³-hybridized carbons (Fsp3) is 0.750. The monoisotopic (exact) mass is 689 g/mol. The van der Waals surface area contributed by atoms with E-state index in [-0.39, 0.29) is 36.4 Å². The molecule has 2 saturated heterocycles. The first-order valence-corrected chi connectivity index (χ1v) is 17.8. The third-order valence-corrected chi connectivity index (χ3v) is 10.5. The number of aliphatic hydroxyl groups is 3. The molecule has 2 fully saturated rings. The molecule has 2 heterocycles. The van der Waals surface area contributed by atoms with Gasteiger partial charge in [0.25, 0.3) is 10.0 Å². The van der Waals surface area contributed by atoms with Crippen LogP contribution in [0.4, 0.5) is 9.18 Å². The highest BCUT2D eigenvalue weighted by atomic mass is 32.2. The summed E-state index contributed by atoms with van der Waals surface area (Å²) >= 11 is 0. The van der Waals surface area contributed by atoms with E-state index in [2.05, 4.69) is 4.90 Å². The number of nitrogens with one attached hydrogen (secondary N) is 1. The van der Waals surface area contributed by atoms with Crippen LogP contribution in [0.2, 0.25) is 0 Å². The summed E-state index contributed by atoms with van der Waals surface area (Å²) in [6.45, 7) is 5.89. The lowest BCUT2D eigenvalue weighted by molar-refractivity contribution is -0.227. The Morgan fingerprint density at radius 3 is 2.43 bits per heavy atom. The Balaban J connectivity index is 1.86. The van der Waals surface area contributed by atoms with E-state index in [1.807, 2.05) is 25.7 Å². The molecule has 0 unspecified atom stereocenters. The molecule has 2 amide bonds. The first kappa shape index (κ1) is 39.0. The second-order valence-electron chi connectivity index (χ2n) is 13.2. The number of amides is 2. The van der Waals surface area contributed by atoms with Crippen molar-refractivity contribution in [3.63, 3.8) is 0 Å². The summed E-state index contributed by atoms with van der Waals surface area (Å²) in [4.78, 5) is 29.3. The summed E-state index contributed by atoms with van der Waals surface area (Å²) in [6, 6.07) is 3.11. The van der Waals surface area contributed by atoms with Crippen molar-refractivity contribution in [1.82, 2.24) is 14.5 Å². The first-order valence-electron chi connectivity index (χ1n) is 16.3. The Labute approximate surface area is 277 Å². The number of urea groups is 1. The minimum Gasteiger partial charge on any atom is -0.459 e. The Hall–Kier alpha value is -2.40. The average molecular weight is 690 g/mol. The molecule has 13 nitrogen and oxygen atoms in total. The van der Waals surface area contributed by atoms with Crippen molar-refractivity contribution >= 4 is 22.0 Å². The molecule has 0 aliphatic carbocycles. The number of rotatable bonds is 6. The number of benzene rings is 1. The smallest absolute Gasteiger partial charge is 0.331 e. The number of ether oxygens (including phenoxy) is 3. The third kappa shape index (κ3) is 10.8. The van der Waals surface area contributed by atoms with Gasteiger partial charge < -0.3 is 39.3 Å². The third-order valence-electron chi connectivity index (χ3n) is 9.17. The van der Waals surface area contributed by atoms with Gasteiger partial charge in [0.1, 0.15) is 23.6 Å². The summed E-state index contributed by atoms with van der Waals surface area (Å²) in [5.74, 6) is -2.41. The second-order valence-corrected chi connectivity index (χ2v) is 14.9.